The molecule has 57 heavy (non-hydrogen) atoms. The molecule has 0 saturated carbocycles. The van der Waals surface area contributed by atoms with Crippen molar-refractivity contribution in [2.75, 3.05) is 123 Å². The molecular weight excluding hydrogens is 824 g/mol. The normalized spacial score (nSPS) is 14.8. The Morgan fingerprint density at radius 3 is 1.21 bits per heavy atom. The average Bonchev–Trinajstić information content (AvgIpc) is 3.22. The first-order valence-corrected chi connectivity index (χ1v) is 22.7. The highest BCUT2D eigenvalue weighted by molar-refractivity contribution is 6.20. The molecule has 0 bridgehead atoms. The van der Waals surface area contributed by atoms with E-state index in [-0.39, 0.29) is 84.9 Å². The van der Waals surface area contributed by atoms with E-state index in [9.17, 15) is 19.2 Å². The van der Waals surface area contributed by atoms with Crippen molar-refractivity contribution in [2.45, 2.75) is 85.5 Å². The van der Waals surface area contributed by atoms with Gasteiger partial charge in [-0.25, -0.2) is 0 Å². The number of amides is 1. The van der Waals surface area contributed by atoms with Gasteiger partial charge >= 0.3 is 0 Å². The molecule has 336 valence electrons. The number of hydrogen-bond acceptors (Lipinski definition) is 11. The third-order valence-electron chi connectivity index (χ3n) is 9.18. The average molecular weight is 898 g/mol. The Bertz CT molecular complexity index is 989. The van der Waals surface area contributed by atoms with Crippen LogP contribution in [-0.4, -0.2) is 146 Å². The summed E-state index contributed by atoms with van der Waals surface area (Å²) in [5.41, 5.74) is -0.791. The number of hydrogen-bond donors (Lipinski definition) is 1. The van der Waals surface area contributed by atoms with Gasteiger partial charge in [0, 0.05) is 111 Å². The van der Waals surface area contributed by atoms with Crippen molar-refractivity contribution in [3.63, 3.8) is 0 Å². The minimum atomic E-state index is -0.791. The lowest BCUT2D eigenvalue weighted by Gasteiger charge is -2.33. The number of carbonyl (C=O) groups is 4. The molecule has 0 aromatic heterocycles. The molecule has 12 nitrogen and oxygen atoms in total. The number of ketones is 3. The maximum atomic E-state index is 13.2. The van der Waals surface area contributed by atoms with E-state index in [2.05, 4.69) is 5.32 Å². The third-order valence-corrected chi connectivity index (χ3v) is 11.0. The quantitative estimate of drug-likeness (QED) is 0.0503. The molecule has 0 rings (SSSR count). The number of unbranched alkanes of at least 4 members (excludes halogenated alkanes) is 2. The number of nitrogens with one attached hydrogen (secondary N) is 1. The summed E-state index contributed by atoms with van der Waals surface area (Å²) in [5.74, 6) is 0.610. The molecule has 16 heteroatoms. The molecular formula is C41H73Cl4NO11. The maximum Gasteiger partial charge on any atom is 0.224 e. The molecule has 1 N–H and O–H groups in total. The van der Waals surface area contributed by atoms with Crippen LogP contribution in [0.25, 0.3) is 0 Å². The molecule has 0 spiro atoms. The first-order chi connectivity index (χ1) is 27.5. The van der Waals surface area contributed by atoms with Gasteiger partial charge in [0.2, 0.25) is 5.91 Å². The maximum absolute atomic E-state index is 13.2. The fraction of sp³-hybridized carbons (Fsp3) is 0.902. The zero-order valence-electron chi connectivity index (χ0n) is 35.1. The molecule has 1 amide bonds. The summed E-state index contributed by atoms with van der Waals surface area (Å²) in [6.07, 6.45) is 5.67. The molecule has 0 aliphatic rings. The molecule has 5 unspecified atom stereocenters. The SMILES string of the molecule is CC(CCl)C(=O)CCCCOCCCOCCOCC(COCCOCCCCC(=O)C(C)CCl)(COCCOCCCNC(=O)C(C)CCl)CC(=O)C(C)CCl. The van der Waals surface area contributed by atoms with E-state index >= 15 is 0 Å². The number of ether oxygens (including phenoxy) is 7. The minimum absolute atomic E-state index is 0.00969. The van der Waals surface area contributed by atoms with Crippen LogP contribution in [0.2, 0.25) is 0 Å². The van der Waals surface area contributed by atoms with Gasteiger partial charge in [0.1, 0.15) is 17.3 Å². The van der Waals surface area contributed by atoms with Crippen molar-refractivity contribution in [1.82, 2.24) is 5.32 Å². The Kier molecular flexibility index (Phi) is 37.9. The second-order valence-electron chi connectivity index (χ2n) is 14.8. The van der Waals surface area contributed by atoms with Gasteiger partial charge in [0.05, 0.1) is 59.5 Å². The van der Waals surface area contributed by atoms with Gasteiger partial charge < -0.3 is 38.5 Å². The first-order valence-electron chi connectivity index (χ1n) is 20.6. The predicted molar refractivity (Wildman–Crippen MR) is 227 cm³/mol. The second-order valence-corrected chi connectivity index (χ2v) is 16.1. The summed E-state index contributed by atoms with van der Waals surface area (Å²) in [7, 11) is 0. The van der Waals surface area contributed by atoms with Crippen molar-refractivity contribution < 1.29 is 52.3 Å². The van der Waals surface area contributed by atoms with Gasteiger partial charge in [-0.15, -0.1) is 46.4 Å². The van der Waals surface area contributed by atoms with Crippen LogP contribution in [0.5, 0.6) is 0 Å². The standard InChI is InChI=1S/C41H73Cl4NO11/c1-33(26-42)37(47)11-5-7-14-51-17-10-18-54-21-24-57-32-41(25-39(49)35(3)28-44,30-55-22-19-52-15-8-6-12-38(48)34(2)27-43)31-56-23-20-53-16-9-13-46-40(50)36(4)29-45/h33-36H,5-32H2,1-4H3,(H,46,50). The van der Waals surface area contributed by atoms with Gasteiger partial charge in [0.15, 0.2) is 0 Å². The van der Waals surface area contributed by atoms with Gasteiger partial charge in [-0.1, -0.05) is 27.7 Å². The highest BCUT2D eigenvalue weighted by Gasteiger charge is 2.36. The fourth-order valence-electron chi connectivity index (χ4n) is 5.10. The van der Waals surface area contributed by atoms with Crippen LogP contribution in [0.15, 0.2) is 0 Å². The lowest BCUT2D eigenvalue weighted by atomic mass is 9.82. The van der Waals surface area contributed by atoms with E-state index in [0.29, 0.717) is 110 Å². The van der Waals surface area contributed by atoms with Crippen molar-refractivity contribution >= 4 is 69.7 Å². The van der Waals surface area contributed by atoms with E-state index in [4.69, 9.17) is 79.6 Å². The Balaban J connectivity index is 4.93. The molecule has 0 fully saturated rings. The minimum Gasteiger partial charge on any atom is -0.381 e. The molecule has 0 aromatic carbocycles. The van der Waals surface area contributed by atoms with Gasteiger partial charge in [-0.05, 0) is 38.5 Å². The molecule has 0 heterocycles. The summed E-state index contributed by atoms with van der Waals surface area (Å²) >= 11 is 23.3. The Morgan fingerprint density at radius 1 is 0.439 bits per heavy atom. The molecule has 0 aliphatic carbocycles. The summed E-state index contributed by atoms with van der Waals surface area (Å²) in [5, 5.41) is 2.84. The zero-order valence-corrected chi connectivity index (χ0v) is 38.1. The molecule has 0 radical (unpaired) electrons. The third kappa shape index (κ3) is 31.0. The van der Waals surface area contributed by atoms with Crippen molar-refractivity contribution in [3.05, 3.63) is 0 Å². The van der Waals surface area contributed by atoms with Crippen LogP contribution in [0.1, 0.15) is 85.5 Å². The summed E-state index contributed by atoms with van der Waals surface area (Å²) in [6.45, 7) is 13.0. The first kappa shape index (κ1) is 56.4. The summed E-state index contributed by atoms with van der Waals surface area (Å²) in [4.78, 5) is 49.0. The van der Waals surface area contributed by atoms with Crippen molar-refractivity contribution in [1.29, 1.82) is 0 Å². The van der Waals surface area contributed by atoms with Crippen LogP contribution in [-0.2, 0) is 52.3 Å². The van der Waals surface area contributed by atoms with Crippen LogP contribution < -0.4 is 5.32 Å². The lowest BCUT2D eigenvalue weighted by Crippen LogP contribution is -2.41. The van der Waals surface area contributed by atoms with Crippen LogP contribution in [0, 0.1) is 29.1 Å². The molecule has 0 aliphatic heterocycles. The van der Waals surface area contributed by atoms with E-state index in [0.717, 1.165) is 32.1 Å². The number of alkyl halides is 4. The molecule has 0 saturated heterocycles. The van der Waals surface area contributed by atoms with Crippen molar-refractivity contribution in [3.8, 4) is 0 Å². The van der Waals surface area contributed by atoms with Crippen LogP contribution >= 0.6 is 46.4 Å². The molecule has 0 aromatic rings. The fourth-order valence-corrected chi connectivity index (χ4v) is 5.76. The Morgan fingerprint density at radius 2 is 0.789 bits per heavy atom. The summed E-state index contributed by atoms with van der Waals surface area (Å²) in [6, 6.07) is 0. The van der Waals surface area contributed by atoms with Gasteiger partial charge in [-0.2, -0.15) is 0 Å². The van der Waals surface area contributed by atoms with Crippen LogP contribution in [0.3, 0.4) is 0 Å². The summed E-state index contributed by atoms with van der Waals surface area (Å²) < 4.78 is 41.1. The number of carbonyl (C=O) groups excluding carboxylic acids is 4. The largest absolute Gasteiger partial charge is 0.381 e. The number of halogens is 4. The Hall–Kier alpha value is -0.640. The Labute approximate surface area is 363 Å². The lowest BCUT2D eigenvalue weighted by molar-refractivity contribution is -0.133. The van der Waals surface area contributed by atoms with Crippen molar-refractivity contribution in [2.24, 2.45) is 29.1 Å². The van der Waals surface area contributed by atoms with E-state index < -0.39 is 5.41 Å². The van der Waals surface area contributed by atoms with Gasteiger partial charge in [-0.3, -0.25) is 19.2 Å². The van der Waals surface area contributed by atoms with E-state index in [1.807, 2.05) is 13.8 Å². The molecule has 5 atom stereocenters. The number of rotatable bonds is 43. The smallest absolute Gasteiger partial charge is 0.224 e. The predicted octanol–water partition coefficient (Wildman–Crippen LogP) is 6.92. The topological polar surface area (TPSA) is 145 Å². The highest BCUT2D eigenvalue weighted by atomic mass is 35.5. The van der Waals surface area contributed by atoms with Gasteiger partial charge in [0.25, 0.3) is 0 Å². The van der Waals surface area contributed by atoms with E-state index in [1.54, 1.807) is 13.8 Å². The monoisotopic (exact) mass is 895 g/mol. The van der Waals surface area contributed by atoms with E-state index in [1.165, 1.54) is 0 Å². The zero-order chi connectivity index (χ0) is 42.6. The second kappa shape index (κ2) is 38.3. The number of Topliss-reactive ketones (excluding diaryl/α,β-unsaturated/α-hetero) is 3. The highest BCUT2D eigenvalue weighted by Crippen LogP contribution is 2.27. The van der Waals surface area contributed by atoms with Crippen LogP contribution in [0.4, 0.5) is 0 Å².